The van der Waals surface area contributed by atoms with Crippen LogP contribution in [-0.4, -0.2) is 44.4 Å². The fourth-order valence-electron chi connectivity index (χ4n) is 3.32. The number of hydrogen-bond acceptors (Lipinski definition) is 4. The number of hydrogen-bond donors (Lipinski definition) is 1. The Hall–Kier alpha value is -1.51. The lowest BCUT2D eigenvalue weighted by Crippen LogP contribution is -2.58. The summed E-state index contributed by atoms with van der Waals surface area (Å²) >= 11 is 0. The van der Waals surface area contributed by atoms with Crippen LogP contribution in [0.15, 0.2) is 17.0 Å². The Kier molecular flexibility index (Phi) is 4.79. The second kappa shape index (κ2) is 6.18. The van der Waals surface area contributed by atoms with E-state index in [0.29, 0.717) is 24.0 Å². The maximum atomic E-state index is 13.5. The van der Waals surface area contributed by atoms with Crippen LogP contribution in [0.2, 0.25) is 0 Å². The molecule has 0 spiro atoms. The maximum absolute atomic E-state index is 13.5. The first-order valence-corrected chi connectivity index (χ1v) is 8.69. The molecule has 1 aliphatic heterocycles. The Morgan fingerprint density at radius 1 is 1.39 bits per heavy atom. The van der Waals surface area contributed by atoms with Crippen molar-refractivity contribution in [1.82, 2.24) is 4.31 Å². The molecule has 0 saturated carbocycles. The number of benzene rings is 1. The number of aryl methyl sites for hydroxylation is 2. The van der Waals surface area contributed by atoms with E-state index in [-0.39, 0.29) is 18.0 Å². The van der Waals surface area contributed by atoms with Gasteiger partial charge in [-0.3, -0.25) is 4.79 Å². The van der Waals surface area contributed by atoms with Crippen LogP contribution in [0.5, 0.6) is 0 Å². The highest BCUT2D eigenvalue weighted by atomic mass is 32.2. The molecule has 1 aliphatic rings. The van der Waals surface area contributed by atoms with Crippen LogP contribution in [-0.2, 0) is 19.6 Å². The zero-order valence-electron chi connectivity index (χ0n) is 13.4. The third-order valence-electron chi connectivity index (χ3n) is 4.24. The van der Waals surface area contributed by atoms with Crippen LogP contribution in [0, 0.1) is 19.7 Å². The van der Waals surface area contributed by atoms with Gasteiger partial charge in [-0.15, -0.1) is 0 Å². The summed E-state index contributed by atoms with van der Waals surface area (Å²) in [5, 5.41) is 0. The van der Waals surface area contributed by atoms with Crippen molar-refractivity contribution >= 4 is 15.9 Å². The van der Waals surface area contributed by atoms with Gasteiger partial charge in [-0.05, 0) is 49.9 Å². The molecule has 1 saturated heterocycles. The number of methoxy groups -OCH3 is 1. The molecule has 0 radical (unpaired) electrons. The molecule has 6 nitrogen and oxygen atoms in total. The topological polar surface area (TPSA) is 89.7 Å². The second-order valence-electron chi connectivity index (χ2n) is 5.88. The van der Waals surface area contributed by atoms with Gasteiger partial charge in [0.2, 0.25) is 15.9 Å². The Bertz CT molecular complexity index is 712. The molecule has 1 aromatic carbocycles. The number of carbonyl (C=O) groups excluding carboxylic acids is 1. The van der Waals surface area contributed by atoms with Gasteiger partial charge in [-0.25, -0.2) is 12.8 Å². The standard InChI is InChI=1S/C15H21FN2O4S/c1-10-7-12(16)8-11(2)13(10)23(20,21)18-6-4-5-15(18,9-22-3)14(17)19/h7-8H,4-6,9H2,1-3H3,(H2,17,19). The van der Waals surface area contributed by atoms with Crippen molar-refractivity contribution < 1.29 is 22.3 Å². The minimum absolute atomic E-state index is 0.0162. The largest absolute Gasteiger partial charge is 0.382 e. The molecule has 1 unspecified atom stereocenters. The first kappa shape index (κ1) is 17.8. The number of primary amides is 1. The summed E-state index contributed by atoms with van der Waals surface area (Å²) < 4.78 is 45.9. The predicted octanol–water partition coefficient (Wildman–Crippen LogP) is 1.10. The Balaban J connectivity index is 2.61. The van der Waals surface area contributed by atoms with Gasteiger partial charge < -0.3 is 10.5 Å². The monoisotopic (exact) mass is 344 g/mol. The third kappa shape index (κ3) is 2.86. The second-order valence-corrected chi connectivity index (χ2v) is 7.68. The highest BCUT2D eigenvalue weighted by molar-refractivity contribution is 7.89. The number of nitrogens with two attached hydrogens (primary N) is 1. The average molecular weight is 344 g/mol. The summed E-state index contributed by atoms with van der Waals surface area (Å²) in [5.41, 5.74) is 4.69. The van der Waals surface area contributed by atoms with E-state index in [1.54, 1.807) is 0 Å². The molecule has 128 valence electrons. The van der Waals surface area contributed by atoms with Gasteiger partial charge in [0.1, 0.15) is 11.4 Å². The van der Waals surface area contributed by atoms with Gasteiger partial charge in [0.05, 0.1) is 11.5 Å². The SMILES string of the molecule is COCC1(C(N)=O)CCCN1S(=O)(=O)c1c(C)cc(F)cc1C. The summed E-state index contributed by atoms with van der Waals surface area (Å²) in [4.78, 5) is 12.0. The summed E-state index contributed by atoms with van der Waals surface area (Å²) in [5.74, 6) is -1.24. The zero-order chi connectivity index (χ0) is 17.4. The first-order chi connectivity index (χ1) is 10.7. The minimum atomic E-state index is -4.01. The molecule has 1 atom stereocenters. The van der Waals surface area contributed by atoms with Crippen LogP contribution in [0.1, 0.15) is 24.0 Å². The predicted molar refractivity (Wildman–Crippen MR) is 82.8 cm³/mol. The van der Waals surface area contributed by atoms with E-state index in [2.05, 4.69) is 0 Å². The van der Waals surface area contributed by atoms with Crippen LogP contribution in [0.25, 0.3) is 0 Å². The third-order valence-corrected chi connectivity index (χ3v) is 6.52. The Labute approximate surface area is 135 Å². The molecule has 0 bridgehead atoms. The summed E-state index contributed by atoms with van der Waals surface area (Å²) in [7, 11) is -2.61. The van der Waals surface area contributed by atoms with Crippen LogP contribution in [0.4, 0.5) is 4.39 Å². The van der Waals surface area contributed by atoms with E-state index in [1.807, 2.05) is 0 Å². The smallest absolute Gasteiger partial charge is 0.244 e. The van der Waals surface area contributed by atoms with E-state index in [1.165, 1.54) is 21.0 Å². The lowest BCUT2D eigenvalue weighted by Gasteiger charge is -2.34. The van der Waals surface area contributed by atoms with Crippen molar-refractivity contribution in [3.8, 4) is 0 Å². The number of ether oxygens (including phenoxy) is 1. The van der Waals surface area contributed by atoms with E-state index >= 15 is 0 Å². The fourth-order valence-corrected chi connectivity index (χ4v) is 5.53. The quantitative estimate of drug-likeness (QED) is 0.866. The summed E-state index contributed by atoms with van der Waals surface area (Å²) in [6, 6.07) is 2.33. The molecule has 2 N–H and O–H groups in total. The highest BCUT2D eigenvalue weighted by Gasteiger charge is 2.52. The highest BCUT2D eigenvalue weighted by Crippen LogP contribution is 2.37. The molecular weight excluding hydrogens is 323 g/mol. The summed E-state index contributed by atoms with van der Waals surface area (Å²) in [6.07, 6.45) is 0.805. The van der Waals surface area contributed by atoms with Crippen molar-refractivity contribution in [2.45, 2.75) is 37.1 Å². The van der Waals surface area contributed by atoms with Gasteiger partial charge in [0.25, 0.3) is 0 Å². The van der Waals surface area contributed by atoms with Gasteiger partial charge >= 0.3 is 0 Å². The van der Waals surface area contributed by atoms with Crippen molar-refractivity contribution in [1.29, 1.82) is 0 Å². The summed E-state index contributed by atoms with van der Waals surface area (Å²) in [6.45, 7) is 3.12. The van der Waals surface area contributed by atoms with E-state index in [4.69, 9.17) is 10.5 Å². The van der Waals surface area contributed by atoms with Crippen molar-refractivity contribution in [2.24, 2.45) is 5.73 Å². The molecule has 1 aromatic rings. The van der Waals surface area contributed by atoms with Gasteiger partial charge in [-0.1, -0.05) is 0 Å². The van der Waals surface area contributed by atoms with Crippen molar-refractivity contribution in [2.75, 3.05) is 20.3 Å². The number of sulfonamides is 1. The molecule has 0 aromatic heterocycles. The number of carbonyl (C=O) groups is 1. The number of rotatable bonds is 5. The zero-order valence-corrected chi connectivity index (χ0v) is 14.2. The minimum Gasteiger partial charge on any atom is -0.382 e. The Morgan fingerprint density at radius 3 is 2.43 bits per heavy atom. The molecule has 8 heteroatoms. The lowest BCUT2D eigenvalue weighted by atomic mass is 9.98. The Morgan fingerprint density at radius 2 is 1.96 bits per heavy atom. The van der Waals surface area contributed by atoms with Crippen LogP contribution >= 0.6 is 0 Å². The van der Waals surface area contributed by atoms with Crippen LogP contribution in [0.3, 0.4) is 0 Å². The van der Waals surface area contributed by atoms with E-state index < -0.39 is 27.3 Å². The lowest BCUT2D eigenvalue weighted by molar-refractivity contribution is -0.128. The molecular formula is C15H21FN2O4S. The van der Waals surface area contributed by atoms with Crippen molar-refractivity contribution in [3.05, 3.63) is 29.1 Å². The van der Waals surface area contributed by atoms with Gasteiger partial charge in [0.15, 0.2) is 0 Å². The van der Waals surface area contributed by atoms with Crippen LogP contribution < -0.4 is 5.73 Å². The fraction of sp³-hybridized carbons (Fsp3) is 0.533. The van der Waals surface area contributed by atoms with E-state index in [0.717, 1.165) is 16.4 Å². The van der Waals surface area contributed by atoms with Gasteiger partial charge in [0, 0.05) is 13.7 Å². The maximum Gasteiger partial charge on any atom is 0.244 e. The average Bonchev–Trinajstić information content (AvgIpc) is 2.83. The van der Waals surface area contributed by atoms with Crippen molar-refractivity contribution in [3.63, 3.8) is 0 Å². The molecule has 1 heterocycles. The molecule has 2 rings (SSSR count). The first-order valence-electron chi connectivity index (χ1n) is 7.25. The van der Waals surface area contributed by atoms with E-state index in [9.17, 15) is 17.6 Å². The molecule has 1 fully saturated rings. The molecule has 0 aliphatic carbocycles. The molecule has 23 heavy (non-hydrogen) atoms. The normalized spacial score (nSPS) is 22.4. The number of nitrogens with zero attached hydrogens (tertiary/aromatic N) is 1. The number of halogens is 1. The number of amides is 1. The molecule has 1 amide bonds. The van der Waals surface area contributed by atoms with Gasteiger partial charge in [-0.2, -0.15) is 4.31 Å².